The minimum Gasteiger partial charge on any atom is -0.603 e. The first-order valence-electron chi connectivity index (χ1n) is 4.25. The molecule has 1 aliphatic rings. The van der Waals surface area contributed by atoms with Crippen LogP contribution >= 0.6 is 8.73 Å². The topological polar surface area (TPSA) is 35.4 Å². The Kier molecular flexibility index (Phi) is 2.40. The van der Waals surface area contributed by atoms with Crippen molar-refractivity contribution in [2.24, 2.45) is 5.10 Å². The first-order chi connectivity index (χ1) is 6.29. The second kappa shape index (κ2) is 3.54. The van der Waals surface area contributed by atoms with E-state index in [1.807, 2.05) is 30.3 Å². The van der Waals surface area contributed by atoms with E-state index in [1.165, 1.54) is 0 Å². The Bertz CT molecular complexity index is 315. The number of rotatable bonds is 2. The maximum Gasteiger partial charge on any atom is 0.149 e. The minimum atomic E-state index is -0.413. The van der Waals surface area contributed by atoms with Crippen LogP contribution in [0, 0.1) is 5.21 Å². The summed E-state index contributed by atoms with van der Waals surface area (Å²) in [6, 6.07) is 9.81. The van der Waals surface area contributed by atoms with E-state index in [0.717, 1.165) is 11.7 Å². The average Bonchev–Trinajstić information content (AvgIpc) is 2.54. The van der Waals surface area contributed by atoms with E-state index in [0.29, 0.717) is 6.54 Å². The molecule has 2 unspecified atom stereocenters. The highest BCUT2D eigenvalue weighted by Crippen LogP contribution is 2.30. The summed E-state index contributed by atoms with van der Waals surface area (Å²) in [5.41, 5.74) is 0. The van der Waals surface area contributed by atoms with E-state index in [9.17, 15) is 5.21 Å². The van der Waals surface area contributed by atoms with Gasteiger partial charge in [0, 0.05) is 11.7 Å². The lowest BCUT2D eigenvalue weighted by Crippen LogP contribution is -2.26. The Morgan fingerprint density at radius 1 is 1.31 bits per heavy atom. The van der Waals surface area contributed by atoms with E-state index in [4.69, 9.17) is 0 Å². The van der Waals surface area contributed by atoms with Crippen LogP contribution in [-0.4, -0.2) is 17.3 Å². The first-order valence-corrected chi connectivity index (χ1v) is 5.20. The standard InChI is InChI=1S/C9H11N2OP/c12-11(8-4-7-10-11)13-9-5-2-1-3-6-9/h1-3,5-7,13H,4,8H2. The van der Waals surface area contributed by atoms with Crippen LogP contribution in [-0.2, 0) is 0 Å². The van der Waals surface area contributed by atoms with Crippen molar-refractivity contribution in [2.75, 3.05) is 6.54 Å². The van der Waals surface area contributed by atoms with Crippen molar-refractivity contribution in [3.8, 4) is 0 Å². The third-order valence-corrected chi connectivity index (χ3v) is 3.19. The fraction of sp³-hybridized carbons (Fsp3) is 0.222. The fourth-order valence-electron chi connectivity index (χ4n) is 1.28. The van der Waals surface area contributed by atoms with Crippen LogP contribution in [0.2, 0.25) is 0 Å². The Hall–Kier alpha value is -0.760. The highest BCUT2D eigenvalue weighted by Gasteiger charge is 2.20. The van der Waals surface area contributed by atoms with Gasteiger partial charge in [0.1, 0.15) is 15.3 Å². The highest BCUT2D eigenvalue weighted by atomic mass is 31.1. The molecule has 0 spiro atoms. The third kappa shape index (κ3) is 2.13. The van der Waals surface area contributed by atoms with Gasteiger partial charge in [-0.05, 0) is 12.1 Å². The maximum atomic E-state index is 11.8. The minimum absolute atomic E-state index is 0.195. The Morgan fingerprint density at radius 2 is 2.08 bits per heavy atom. The predicted molar refractivity (Wildman–Crippen MR) is 56.0 cm³/mol. The van der Waals surface area contributed by atoms with Gasteiger partial charge in [0.15, 0.2) is 0 Å². The molecule has 13 heavy (non-hydrogen) atoms. The summed E-state index contributed by atoms with van der Waals surface area (Å²) in [6.45, 7) is 0.591. The summed E-state index contributed by atoms with van der Waals surface area (Å²) in [5.74, 6) is 0. The van der Waals surface area contributed by atoms with Gasteiger partial charge in [-0.2, -0.15) is 0 Å². The third-order valence-electron chi connectivity index (χ3n) is 1.91. The van der Waals surface area contributed by atoms with E-state index >= 15 is 0 Å². The number of nitrogens with zero attached hydrogens (tertiary/aromatic N) is 2. The molecule has 0 aromatic heterocycles. The molecule has 0 saturated heterocycles. The molecule has 3 nitrogen and oxygen atoms in total. The van der Waals surface area contributed by atoms with Crippen LogP contribution in [0.1, 0.15) is 6.42 Å². The molecule has 0 radical (unpaired) electrons. The Morgan fingerprint density at radius 3 is 2.69 bits per heavy atom. The number of hydroxylamine groups is 1. The van der Waals surface area contributed by atoms with Crippen LogP contribution in [0.3, 0.4) is 0 Å². The van der Waals surface area contributed by atoms with Crippen molar-refractivity contribution in [1.29, 1.82) is 0 Å². The molecule has 1 heterocycles. The normalized spacial score (nSPS) is 27.5. The van der Waals surface area contributed by atoms with Gasteiger partial charge in [-0.25, -0.2) is 4.53 Å². The van der Waals surface area contributed by atoms with Crippen molar-refractivity contribution in [1.82, 2.24) is 0 Å². The molecule has 0 saturated carbocycles. The van der Waals surface area contributed by atoms with Gasteiger partial charge in [-0.1, -0.05) is 23.3 Å². The van der Waals surface area contributed by atoms with Gasteiger partial charge >= 0.3 is 0 Å². The second-order valence-corrected chi connectivity index (χ2v) is 4.49. The molecule has 0 aliphatic carbocycles. The molecule has 2 atom stereocenters. The summed E-state index contributed by atoms with van der Waals surface area (Å²) in [7, 11) is 0.195. The molecule has 1 aliphatic heterocycles. The van der Waals surface area contributed by atoms with Crippen LogP contribution < -0.4 is 5.30 Å². The quantitative estimate of drug-likeness (QED) is 0.520. The predicted octanol–water partition coefficient (Wildman–Crippen LogP) is 1.61. The summed E-state index contributed by atoms with van der Waals surface area (Å²) in [5, 5.41) is 16.8. The fourth-order valence-corrected chi connectivity index (χ4v) is 2.40. The molecule has 0 amide bonds. The van der Waals surface area contributed by atoms with Crippen LogP contribution in [0.5, 0.6) is 0 Å². The van der Waals surface area contributed by atoms with Crippen LogP contribution in [0.25, 0.3) is 0 Å². The molecule has 0 N–H and O–H groups in total. The zero-order valence-electron chi connectivity index (χ0n) is 7.18. The molecular weight excluding hydrogens is 183 g/mol. The molecular formula is C9H11N2OP. The highest BCUT2D eigenvalue weighted by molar-refractivity contribution is 7.41. The number of quaternary nitrogens is 1. The van der Waals surface area contributed by atoms with Gasteiger partial charge < -0.3 is 5.21 Å². The van der Waals surface area contributed by atoms with Crippen molar-refractivity contribution < 1.29 is 4.53 Å². The summed E-state index contributed by atoms with van der Waals surface area (Å²) in [6.07, 6.45) is 2.53. The SMILES string of the molecule is [O-][N+]1(Pc2ccccc2)CCC=N1. The largest absolute Gasteiger partial charge is 0.603 e. The first kappa shape index (κ1) is 8.82. The molecule has 4 heteroatoms. The van der Waals surface area contributed by atoms with Crippen LogP contribution in [0.15, 0.2) is 35.4 Å². The van der Waals surface area contributed by atoms with E-state index in [1.54, 1.807) is 6.21 Å². The molecule has 1 aromatic carbocycles. The van der Waals surface area contributed by atoms with Gasteiger partial charge in [-0.15, -0.1) is 0 Å². The van der Waals surface area contributed by atoms with E-state index < -0.39 is 4.53 Å². The molecule has 0 fully saturated rings. The molecule has 1 aromatic rings. The zero-order valence-corrected chi connectivity index (χ0v) is 8.18. The molecule has 2 rings (SSSR count). The smallest absolute Gasteiger partial charge is 0.149 e. The number of hydrogen-bond donors (Lipinski definition) is 0. The summed E-state index contributed by atoms with van der Waals surface area (Å²) >= 11 is 0. The van der Waals surface area contributed by atoms with Crippen molar-refractivity contribution in [3.05, 3.63) is 35.5 Å². The lowest BCUT2D eigenvalue weighted by molar-refractivity contribution is -0.747. The van der Waals surface area contributed by atoms with E-state index in [-0.39, 0.29) is 8.73 Å². The summed E-state index contributed by atoms with van der Waals surface area (Å²) < 4.78 is -0.413. The lowest BCUT2D eigenvalue weighted by atomic mass is 10.4. The van der Waals surface area contributed by atoms with Crippen molar-refractivity contribution >= 4 is 20.3 Å². The van der Waals surface area contributed by atoms with Crippen molar-refractivity contribution in [3.63, 3.8) is 0 Å². The van der Waals surface area contributed by atoms with Gasteiger partial charge in [-0.3, -0.25) is 0 Å². The molecule has 0 bridgehead atoms. The van der Waals surface area contributed by atoms with Crippen molar-refractivity contribution in [2.45, 2.75) is 6.42 Å². The maximum absolute atomic E-state index is 11.8. The van der Waals surface area contributed by atoms with Crippen LogP contribution in [0.4, 0.5) is 0 Å². The van der Waals surface area contributed by atoms with Gasteiger partial charge in [0.2, 0.25) is 0 Å². The Labute approximate surface area is 79.1 Å². The van der Waals surface area contributed by atoms with E-state index in [2.05, 4.69) is 5.10 Å². The lowest BCUT2D eigenvalue weighted by Gasteiger charge is -2.31. The number of benzene rings is 1. The second-order valence-electron chi connectivity index (χ2n) is 2.99. The monoisotopic (exact) mass is 194 g/mol. The molecule has 68 valence electrons. The summed E-state index contributed by atoms with van der Waals surface area (Å²) in [4.78, 5) is 0. The zero-order chi connectivity index (χ0) is 9.15. The average molecular weight is 194 g/mol. The number of hydrogen-bond acceptors (Lipinski definition) is 2. The Balaban J connectivity index is 2.10. The van der Waals surface area contributed by atoms with Gasteiger partial charge in [0.05, 0.1) is 6.21 Å². The van der Waals surface area contributed by atoms with Gasteiger partial charge in [0.25, 0.3) is 0 Å².